The highest BCUT2D eigenvalue weighted by atomic mass is 16.5. The van der Waals surface area contributed by atoms with Crippen molar-refractivity contribution >= 4 is 22.4 Å². The van der Waals surface area contributed by atoms with Crippen LogP contribution in [0, 0.1) is 0 Å². The minimum atomic E-state index is 0.533. The third-order valence-electron chi connectivity index (χ3n) is 7.67. The van der Waals surface area contributed by atoms with Crippen LogP contribution in [0.25, 0.3) is 27.7 Å². The molecule has 2 unspecified atom stereocenters. The Morgan fingerprint density at radius 2 is 1.95 bits per heavy atom. The Labute approximate surface area is 220 Å². The Morgan fingerprint density at radius 1 is 1.05 bits per heavy atom. The van der Waals surface area contributed by atoms with E-state index in [0.29, 0.717) is 24.6 Å². The zero-order chi connectivity index (χ0) is 25.6. The number of ether oxygens (including phenoxy) is 2. The number of anilines is 1. The number of nitrogens with one attached hydrogen (secondary N) is 1. The van der Waals surface area contributed by atoms with Gasteiger partial charge in [0.05, 0.1) is 37.0 Å². The molecule has 0 aliphatic carbocycles. The lowest BCUT2D eigenvalue weighted by Gasteiger charge is -2.56. The maximum absolute atomic E-state index is 5.97. The molecule has 0 spiro atoms. The quantitative estimate of drug-likeness (QED) is 0.336. The second-order valence-electron chi connectivity index (χ2n) is 10.1. The summed E-state index contributed by atoms with van der Waals surface area (Å²) in [5, 5.41) is 12.8. The molecule has 10 heteroatoms. The Morgan fingerprint density at radius 3 is 2.68 bits per heavy atom. The highest BCUT2D eigenvalue weighted by Gasteiger charge is 2.44. The second-order valence-corrected chi connectivity index (χ2v) is 10.1. The molecule has 0 amide bonds. The number of piperidine rings is 1. The summed E-state index contributed by atoms with van der Waals surface area (Å²) in [7, 11) is 1.65. The van der Waals surface area contributed by atoms with Crippen molar-refractivity contribution in [1.82, 2.24) is 34.7 Å². The van der Waals surface area contributed by atoms with Gasteiger partial charge < -0.3 is 14.4 Å². The van der Waals surface area contributed by atoms with Crippen LogP contribution < -0.4 is 14.4 Å². The Bertz CT molecular complexity index is 1560. The molecule has 0 saturated carbocycles. The number of hydrogen-bond donors (Lipinski definition) is 1. The normalized spacial score (nSPS) is 19.2. The molecule has 5 aromatic heterocycles. The summed E-state index contributed by atoms with van der Waals surface area (Å²) < 4.78 is 13.0. The Balaban J connectivity index is 1.11. The number of pyridine rings is 3. The molecular formula is C28H30N8O2. The zero-order valence-corrected chi connectivity index (χ0v) is 21.5. The van der Waals surface area contributed by atoms with Gasteiger partial charge in [-0.15, -0.1) is 5.10 Å². The van der Waals surface area contributed by atoms with E-state index in [0.717, 1.165) is 65.3 Å². The predicted octanol–water partition coefficient (Wildman–Crippen LogP) is 3.93. The fraction of sp³-hybridized carbons (Fsp3) is 0.357. The molecule has 3 saturated heterocycles. The van der Waals surface area contributed by atoms with Crippen LogP contribution in [0.5, 0.6) is 11.6 Å². The summed E-state index contributed by atoms with van der Waals surface area (Å²) in [6, 6.07) is 11.5. The topological polar surface area (TPSA) is 96.7 Å². The van der Waals surface area contributed by atoms with Crippen molar-refractivity contribution in [2.75, 3.05) is 31.7 Å². The largest absolute Gasteiger partial charge is 0.492 e. The Hall–Kier alpha value is -4.18. The number of nitrogens with zero attached hydrogens (tertiary/aromatic N) is 7. The third kappa shape index (κ3) is 3.92. The van der Waals surface area contributed by atoms with Gasteiger partial charge in [-0.25, -0.2) is 14.5 Å². The smallest absolute Gasteiger partial charge is 0.212 e. The molecule has 194 valence electrons. The van der Waals surface area contributed by atoms with E-state index in [1.165, 1.54) is 12.0 Å². The molecule has 5 aromatic rings. The van der Waals surface area contributed by atoms with Gasteiger partial charge in [0.2, 0.25) is 5.88 Å². The summed E-state index contributed by atoms with van der Waals surface area (Å²) in [4.78, 5) is 14.3. The van der Waals surface area contributed by atoms with Gasteiger partial charge in [0, 0.05) is 61.3 Å². The van der Waals surface area contributed by atoms with Gasteiger partial charge >= 0.3 is 0 Å². The van der Waals surface area contributed by atoms with Crippen molar-refractivity contribution in [2.24, 2.45) is 0 Å². The molecule has 3 fully saturated rings. The van der Waals surface area contributed by atoms with Crippen molar-refractivity contribution in [1.29, 1.82) is 0 Å². The van der Waals surface area contributed by atoms with Crippen molar-refractivity contribution in [3.05, 3.63) is 60.7 Å². The van der Waals surface area contributed by atoms with Gasteiger partial charge in [-0.2, -0.15) is 5.10 Å². The molecule has 38 heavy (non-hydrogen) atoms. The van der Waals surface area contributed by atoms with Gasteiger partial charge in [-0.3, -0.25) is 10.00 Å². The van der Waals surface area contributed by atoms with Crippen LogP contribution in [-0.2, 0) is 6.54 Å². The van der Waals surface area contributed by atoms with Gasteiger partial charge in [0.15, 0.2) is 5.65 Å². The van der Waals surface area contributed by atoms with E-state index in [2.05, 4.69) is 61.3 Å². The lowest BCUT2D eigenvalue weighted by molar-refractivity contribution is -0.00876. The first-order valence-electron chi connectivity index (χ1n) is 13.1. The highest BCUT2D eigenvalue weighted by molar-refractivity contribution is 6.00. The average Bonchev–Trinajstić information content (AvgIpc) is 3.56. The summed E-state index contributed by atoms with van der Waals surface area (Å²) in [5.74, 6) is 2.46. The number of aromatic nitrogens is 6. The fourth-order valence-electron chi connectivity index (χ4n) is 5.76. The average molecular weight is 511 g/mol. The highest BCUT2D eigenvalue weighted by Crippen LogP contribution is 2.37. The fourth-order valence-corrected chi connectivity index (χ4v) is 5.76. The molecule has 1 N–H and O–H groups in total. The van der Waals surface area contributed by atoms with Crippen LogP contribution in [0.3, 0.4) is 0 Å². The molecule has 0 aromatic carbocycles. The number of aromatic amines is 1. The van der Waals surface area contributed by atoms with Crippen LogP contribution in [0.1, 0.15) is 25.3 Å². The number of rotatable bonds is 8. The maximum atomic E-state index is 5.97. The lowest BCUT2D eigenvalue weighted by atomic mass is 9.87. The van der Waals surface area contributed by atoms with E-state index in [4.69, 9.17) is 14.5 Å². The summed E-state index contributed by atoms with van der Waals surface area (Å²) in [6.07, 6.45) is 9.82. The molecule has 10 nitrogen and oxygen atoms in total. The maximum Gasteiger partial charge on any atom is 0.212 e. The van der Waals surface area contributed by atoms with E-state index in [1.807, 2.05) is 35.4 Å². The van der Waals surface area contributed by atoms with Gasteiger partial charge in [-0.1, -0.05) is 13.0 Å². The number of piperazine rings is 1. The lowest BCUT2D eigenvalue weighted by Crippen LogP contribution is -2.68. The summed E-state index contributed by atoms with van der Waals surface area (Å²) in [6.45, 7) is 5.65. The third-order valence-corrected chi connectivity index (χ3v) is 7.67. The number of H-pyrrole nitrogens is 1. The van der Waals surface area contributed by atoms with Gasteiger partial charge in [0.25, 0.3) is 0 Å². The first kappa shape index (κ1) is 23.0. The van der Waals surface area contributed by atoms with Crippen LogP contribution in [0.15, 0.2) is 55.1 Å². The zero-order valence-electron chi connectivity index (χ0n) is 21.5. The van der Waals surface area contributed by atoms with Crippen molar-refractivity contribution in [3.8, 4) is 22.8 Å². The molecular weight excluding hydrogens is 480 g/mol. The van der Waals surface area contributed by atoms with Crippen molar-refractivity contribution in [3.63, 3.8) is 0 Å². The minimum absolute atomic E-state index is 0.533. The van der Waals surface area contributed by atoms with Crippen LogP contribution in [0.2, 0.25) is 0 Å². The second kappa shape index (κ2) is 9.29. The van der Waals surface area contributed by atoms with Gasteiger partial charge in [0.1, 0.15) is 11.6 Å². The van der Waals surface area contributed by atoms with E-state index in [-0.39, 0.29) is 0 Å². The molecule has 8 heterocycles. The van der Waals surface area contributed by atoms with E-state index >= 15 is 0 Å². The standard InChI is InChI=1S/C28H30N8O2/c1-3-8-38-22-10-23(27-24-13-31-32-28(24)33-36(27)17-22)19-5-6-25(29-12-19)34-15-20-9-21(16-34)35(20)14-18-4-7-26(37-2)30-11-18/h4-7,10-13,17,20-21H,3,8-9,14-16H2,1-2H3,(H,32,33). The van der Waals surface area contributed by atoms with Crippen molar-refractivity contribution in [2.45, 2.75) is 38.4 Å². The van der Waals surface area contributed by atoms with Gasteiger partial charge in [-0.05, 0) is 36.6 Å². The number of hydrogen-bond acceptors (Lipinski definition) is 8. The molecule has 3 aliphatic rings. The number of fused-ring (bicyclic) bond motifs is 5. The monoisotopic (exact) mass is 510 g/mol. The number of methoxy groups -OCH3 is 1. The molecule has 2 atom stereocenters. The first-order chi connectivity index (χ1) is 18.7. The van der Waals surface area contributed by atoms with Crippen LogP contribution >= 0.6 is 0 Å². The minimum Gasteiger partial charge on any atom is -0.492 e. The SMILES string of the molecule is CCCOc1cc(-c2ccc(N3CC4CC(C3)N4Cc3ccc(OC)nc3)nc2)c2c3cn[nH]c3nn2c1. The van der Waals surface area contributed by atoms with E-state index in [9.17, 15) is 0 Å². The first-order valence-corrected chi connectivity index (χ1v) is 13.1. The summed E-state index contributed by atoms with van der Waals surface area (Å²) in [5.41, 5.74) is 5.03. The molecule has 3 aliphatic heterocycles. The molecule has 2 bridgehead atoms. The van der Waals surface area contributed by atoms with Crippen LogP contribution in [0.4, 0.5) is 5.82 Å². The summed E-state index contributed by atoms with van der Waals surface area (Å²) >= 11 is 0. The van der Waals surface area contributed by atoms with Crippen molar-refractivity contribution < 1.29 is 9.47 Å². The van der Waals surface area contributed by atoms with Crippen LogP contribution in [-0.4, -0.2) is 73.6 Å². The molecule has 8 rings (SSSR count). The van der Waals surface area contributed by atoms with E-state index < -0.39 is 0 Å². The predicted molar refractivity (Wildman–Crippen MR) is 145 cm³/mol. The molecule has 0 radical (unpaired) electrons. The Kier molecular flexibility index (Phi) is 5.61. The van der Waals surface area contributed by atoms with E-state index in [1.54, 1.807) is 7.11 Å².